The summed E-state index contributed by atoms with van der Waals surface area (Å²) >= 11 is 0. The average molecular weight is 376 g/mol. The molecule has 1 aliphatic heterocycles. The van der Waals surface area contributed by atoms with Crippen molar-refractivity contribution in [2.45, 2.75) is 31.5 Å². The zero-order valence-corrected chi connectivity index (χ0v) is 15.1. The van der Waals surface area contributed by atoms with E-state index in [2.05, 4.69) is 0 Å². The number of nitrogens with two attached hydrogens (primary N) is 1. The minimum atomic E-state index is -4.35. The number of carbonyl (C=O) groups is 1. The largest absolute Gasteiger partial charge is 0.416 e. The number of alkyl halides is 3. The monoisotopic (exact) mass is 376 g/mol. The van der Waals surface area contributed by atoms with Crippen molar-refractivity contribution in [3.8, 4) is 0 Å². The van der Waals surface area contributed by atoms with Gasteiger partial charge in [0.15, 0.2) is 0 Å². The molecule has 1 heterocycles. The van der Waals surface area contributed by atoms with Gasteiger partial charge in [-0.15, -0.1) is 0 Å². The van der Waals surface area contributed by atoms with E-state index >= 15 is 0 Å². The highest BCUT2D eigenvalue weighted by Crippen LogP contribution is 2.30. The van der Waals surface area contributed by atoms with E-state index in [0.717, 1.165) is 17.7 Å². The normalized spacial score (nSPS) is 21.3. The summed E-state index contributed by atoms with van der Waals surface area (Å²) in [5.41, 5.74) is 7.41. The molecule has 3 rings (SSSR count). The van der Waals surface area contributed by atoms with Gasteiger partial charge in [-0.3, -0.25) is 4.79 Å². The topological polar surface area (TPSA) is 46.3 Å². The van der Waals surface area contributed by atoms with Crippen molar-refractivity contribution in [2.24, 2.45) is 11.7 Å². The minimum Gasteiger partial charge on any atom is -0.340 e. The fraction of sp³-hybridized carbons (Fsp3) is 0.381. The van der Waals surface area contributed by atoms with Gasteiger partial charge in [0.05, 0.1) is 5.56 Å². The lowest BCUT2D eigenvalue weighted by atomic mass is 9.95. The molecule has 3 nitrogen and oxygen atoms in total. The van der Waals surface area contributed by atoms with Crippen molar-refractivity contribution in [1.29, 1.82) is 0 Å². The number of carbonyl (C=O) groups excluding carboxylic acids is 1. The van der Waals surface area contributed by atoms with Crippen LogP contribution in [-0.2, 0) is 17.4 Å². The van der Waals surface area contributed by atoms with Crippen LogP contribution in [0.4, 0.5) is 13.2 Å². The van der Waals surface area contributed by atoms with Gasteiger partial charge in [0.25, 0.3) is 0 Å². The van der Waals surface area contributed by atoms with Crippen molar-refractivity contribution in [1.82, 2.24) is 4.90 Å². The van der Waals surface area contributed by atoms with Crippen LogP contribution in [0, 0.1) is 5.92 Å². The van der Waals surface area contributed by atoms with Crippen LogP contribution in [0.5, 0.6) is 0 Å². The molecule has 2 N–H and O–H groups in total. The predicted octanol–water partition coefficient (Wildman–Crippen LogP) is 3.84. The highest BCUT2D eigenvalue weighted by Gasteiger charge is 2.35. The van der Waals surface area contributed by atoms with Crippen molar-refractivity contribution in [2.75, 3.05) is 13.1 Å². The van der Waals surface area contributed by atoms with Crippen LogP contribution >= 0.6 is 0 Å². The number of nitrogens with zero attached hydrogens (tertiary/aromatic N) is 1. The van der Waals surface area contributed by atoms with E-state index in [4.69, 9.17) is 5.73 Å². The van der Waals surface area contributed by atoms with Gasteiger partial charge in [0.2, 0.25) is 5.91 Å². The molecule has 0 bridgehead atoms. The van der Waals surface area contributed by atoms with Crippen molar-refractivity contribution in [3.05, 3.63) is 71.3 Å². The molecule has 1 unspecified atom stereocenters. The number of likely N-dealkylation sites (tertiary alicyclic amines) is 1. The molecule has 1 aliphatic rings. The second-order valence-corrected chi connectivity index (χ2v) is 7.22. The van der Waals surface area contributed by atoms with Crippen molar-refractivity contribution >= 4 is 5.91 Å². The number of amides is 1. The molecule has 3 atom stereocenters. The van der Waals surface area contributed by atoms with Gasteiger partial charge in [0.1, 0.15) is 0 Å². The van der Waals surface area contributed by atoms with E-state index in [1.165, 1.54) is 12.1 Å². The first-order valence-electron chi connectivity index (χ1n) is 9.01. The smallest absolute Gasteiger partial charge is 0.340 e. The second kappa shape index (κ2) is 7.72. The molecule has 1 amide bonds. The lowest BCUT2D eigenvalue weighted by Crippen LogP contribution is -2.36. The van der Waals surface area contributed by atoms with Crippen LogP contribution in [0.2, 0.25) is 0 Å². The molecular formula is C21H23F3N2O. The molecule has 2 aromatic carbocycles. The quantitative estimate of drug-likeness (QED) is 0.881. The number of hydrogen-bond acceptors (Lipinski definition) is 2. The summed E-state index contributed by atoms with van der Waals surface area (Å²) < 4.78 is 38.0. The first-order chi connectivity index (χ1) is 12.8. The Labute approximate surface area is 157 Å². The molecule has 1 saturated heterocycles. The molecule has 0 aromatic heterocycles. The third-order valence-electron chi connectivity index (χ3n) is 5.15. The summed E-state index contributed by atoms with van der Waals surface area (Å²) in [4.78, 5) is 14.6. The van der Waals surface area contributed by atoms with Gasteiger partial charge in [-0.2, -0.15) is 13.2 Å². The van der Waals surface area contributed by atoms with Crippen LogP contribution in [-0.4, -0.2) is 29.9 Å². The Morgan fingerprint density at radius 2 is 1.74 bits per heavy atom. The Balaban J connectivity index is 1.62. The van der Waals surface area contributed by atoms with Gasteiger partial charge >= 0.3 is 6.18 Å². The predicted molar refractivity (Wildman–Crippen MR) is 98.1 cm³/mol. The Morgan fingerprint density at radius 1 is 1.11 bits per heavy atom. The Kier molecular flexibility index (Phi) is 5.56. The minimum absolute atomic E-state index is 0.0104. The highest BCUT2D eigenvalue weighted by atomic mass is 19.4. The highest BCUT2D eigenvalue weighted by molar-refractivity contribution is 5.79. The maximum absolute atomic E-state index is 12.8. The van der Waals surface area contributed by atoms with Gasteiger partial charge < -0.3 is 10.6 Å². The van der Waals surface area contributed by atoms with Gasteiger partial charge in [-0.25, -0.2) is 0 Å². The first kappa shape index (κ1) is 19.4. The average Bonchev–Trinajstić information content (AvgIpc) is 3.03. The lowest BCUT2D eigenvalue weighted by Gasteiger charge is -2.21. The Bertz CT molecular complexity index is 774. The maximum Gasteiger partial charge on any atom is 0.416 e. The molecule has 0 aliphatic carbocycles. The van der Waals surface area contributed by atoms with E-state index in [1.807, 2.05) is 30.3 Å². The third-order valence-corrected chi connectivity index (χ3v) is 5.15. The maximum atomic E-state index is 12.8. The summed E-state index contributed by atoms with van der Waals surface area (Å²) in [6.07, 6.45) is -3.95. The lowest BCUT2D eigenvalue weighted by molar-refractivity contribution is -0.137. The molecule has 0 saturated carbocycles. The third kappa shape index (κ3) is 4.50. The van der Waals surface area contributed by atoms with Crippen LogP contribution in [0.3, 0.4) is 0 Å². The zero-order chi connectivity index (χ0) is 19.6. The molecule has 144 valence electrons. The molecule has 0 radical (unpaired) electrons. The second-order valence-electron chi connectivity index (χ2n) is 7.22. The fourth-order valence-electron chi connectivity index (χ4n) is 3.64. The summed E-state index contributed by atoms with van der Waals surface area (Å²) in [6.45, 7) is 2.87. The van der Waals surface area contributed by atoms with E-state index in [1.54, 1.807) is 11.8 Å². The molecule has 6 heteroatoms. The summed E-state index contributed by atoms with van der Waals surface area (Å²) in [5, 5.41) is 0. The molecule has 0 spiro atoms. The van der Waals surface area contributed by atoms with Gasteiger partial charge in [-0.1, -0.05) is 49.4 Å². The van der Waals surface area contributed by atoms with Crippen molar-refractivity contribution < 1.29 is 18.0 Å². The number of hydrogen-bond donors (Lipinski definition) is 1. The van der Waals surface area contributed by atoms with Crippen LogP contribution in [0.25, 0.3) is 0 Å². The molecule has 1 fully saturated rings. The van der Waals surface area contributed by atoms with E-state index in [-0.39, 0.29) is 23.8 Å². The standard InChI is InChI=1S/C21H23F3N2O/c1-14(11-15-7-9-17(10-8-15)21(22,23)24)20(27)26-12-18(19(25)13-26)16-5-3-2-4-6-16/h2-10,14,18-19H,11-13,25H2,1H3/t14?,18-,19+/m0/s1. The Morgan fingerprint density at radius 3 is 2.33 bits per heavy atom. The zero-order valence-electron chi connectivity index (χ0n) is 15.1. The van der Waals surface area contributed by atoms with E-state index in [0.29, 0.717) is 25.1 Å². The first-order valence-corrected chi connectivity index (χ1v) is 9.01. The Hall–Kier alpha value is -2.34. The number of halogens is 3. The van der Waals surface area contributed by atoms with Crippen LogP contribution in [0.15, 0.2) is 54.6 Å². The molecule has 27 heavy (non-hydrogen) atoms. The van der Waals surface area contributed by atoms with Crippen LogP contribution < -0.4 is 5.73 Å². The van der Waals surface area contributed by atoms with Crippen LogP contribution in [0.1, 0.15) is 29.5 Å². The molecule has 2 aromatic rings. The number of benzene rings is 2. The SMILES string of the molecule is CC(Cc1ccc(C(F)(F)F)cc1)C(=O)N1C[C@@H](N)[C@H](c2ccccc2)C1. The van der Waals surface area contributed by atoms with Gasteiger partial charge in [0, 0.05) is 31.0 Å². The van der Waals surface area contributed by atoms with Gasteiger partial charge in [-0.05, 0) is 29.7 Å². The molecular weight excluding hydrogens is 353 g/mol. The van der Waals surface area contributed by atoms with E-state index < -0.39 is 11.7 Å². The van der Waals surface area contributed by atoms with Crippen molar-refractivity contribution in [3.63, 3.8) is 0 Å². The fourth-order valence-corrected chi connectivity index (χ4v) is 3.64. The van der Waals surface area contributed by atoms with E-state index in [9.17, 15) is 18.0 Å². The number of rotatable bonds is 4. The summed E-state index contributed by atoms with van der Waals surface area (Å²) in [7, 11) is 0. The summed E-state index contributed by atoms with van der Waals surface area (Å²) in [5.74, 6) is -0.222. The summed E-state index contributed by atoms with van der Waals surface area (Å²) in [6, 6.07) is 14.8.